The highest BCUT2D eigenvalue weighted by molar-refractivity contribution is 8.18. The smallest absolute Gasteiger partial charge is 0.416 e. The number of nitrogens with zero attached hydrogens (tertiary/aromatic N) is 1. The fourth-order valence-electron chi connectivity index (χ4n) is 3.86. The summed E-state index contributed by atoms with van der Waals surface area (Å²) in [6.45, 7) is 1.22. The Hall–Kier alpha value is -4.46. The first-order valence-corrected chi connectivity index (χ1v) is 13.2. The molecule has 0 unspecified atom stereocenters. The molecule has 1 aliphatic rings. The first kappa shape index (κ1) is 31.5. The molecule has 0 bridgehead atoms. The van der Waals surface area contributed by atoms with Gasteiger partial charge in [-0.05, 0) is 72.8 Å². The van der Waals surface area contributed by atoms with Gasteiger partial charge in [0.2, 0.25) is 0 Å². The fraction of sp³-hybridized carbons (Fsp3) is 0.207. The fourth-order valence-corrected chi connectivity index (χ4v) is 4.70. The lowest BCUT2D eigenvalue weighted by Gasteiger charge is -2.17. The number of methoxy groups -OCH3 is 1. The van der Waals surface area contributed by atoms with E-state index in [9.17, 15) is 35.9 Å². The van der Waals surface area contributed by atoms with E-state index in [2.05, 4.69) is 10.3 Å². The summed E-state index contributed by atoms with van der Waals surface area (Å²) in [4.78, 5) is 29.2. The number of ether oxygens (including phenoxy) is 3. The van der Waals surface area contributed by atoms with Crippen molar-refractivity contribution in [3.63, 3.8) is 0 Å². The first-order valence-electron chi connectivity index (χ1n) is 12.4. The van der Waals surface area contributed by atoms with E-state index in [4.69, 9.17) is 14.2 Å². The molecule has 4 rings (SSSR count). The van der Waals surface area contributed by atoms with E-state index in [1.807, 2.05) is 0 Å². The number of rotatable bonds is 8. The third-order valence-electron chi connectivity index (χ3n) is 5.85. The Morgan fingerprint density at radius 2 is 1.74 bits per heavy atom. The molecule has 0 aliphatic carbocycles. The van der Waals surface area contributed by atoms with E-state index >= 15 is 0 Å². The van der Waals surface area contributed by atoms with Crippen molar-refractivity contribution in [2.45, 2.75) is 25.9 Å². The van der Waals surface area contributed by atoms with Gasteiger partial charge in [-0.25, -0.2) is 9.79 Å². The number of hydrogen-bond donors (Lipinski definition) is 1. The predicted molar refractivity (Wildman–Crippen MR) is 147 cm³/mol. The molecule has 7 nitrogen and oxygen atoms in total. The van der Waals surface area contributed by atoms with Crippen molar-refractivity contribution < 1.29 is 50.1 Å². The summed E-state index contributed by atoms with van der Waals surface area (Å²) < 4.78 is 95.1. The van der Waals surface area contributed by atoms with Gasteiger partial charge in [-0.2, -0.15) is 26.3 Å². The molecule has 1 N–H and O–H groups in total. The van der Waals surface area contributed by atoms with Gasteiger partial charge in [-0.15, -0.1) is 0 Å². The van der Waals surface area contributed by atoms with Crippen LogP contribution in [0.4, 0.5) is 32.0 Å². The Balaban J connectivity index is 1.51. The Morgan fingerprint density at radius 1 is 0.977 bits per heavy atom. The number of aliphatic imine (C=N–C) groups is 1. The molecule has 1 saturated heterocycles. The maximum atomic E-state index is 13.5. The highest BCUT2D eigenvalue weighted by Crippen LogP contribution is 2.38. The van der Waals surface area contributed by atoms with Crippen molar-refractivity contribution in [3.05, 3.63) is 93.4 Å². The molecular weight excluding hydrogens is 602 g/mol. The number of hydrogen-bond acceptors (Lipinski definition) is 7. The third kappa shape index (κ3) is 7.89. The molecule has 3 aromatic carbocycles. The van der Waals surface area contributed by atoms with E-state index in [1.54, 1.807) is 25.1 Å². The maximum absolute atomic E-state index is 13.5. The van der Waals surface area contributed by atoms with Crippen molar-refractivity contribution in [1.82, 2.24) is 5.32 Å². The Kier molecular flexibility index (Phi) is 9.38. The number of carbonyl (C=O) groups is 2. The maximum Gasteiger partial charge on any atom is 0.416 e. The van der Waals surface area contributed by atoms with Gasteiger partial charge in [-0.3, -0.25) is 4.79 Å². The minimum Gasteiger partial charge on any atom is -0.493 e. The molecule has 226 valence electrons. The van der Waals surface area contributed by atoms with Gasteiger partial charge in [0.15, 0.2) is 16.7 Å². The summed E-state index contributed by atoms with van der Waals surface area (Å²) in [7, 11) is 1.30. The second-order valence-electron chi connectivity index (χ2n) is 8.82. The average molecular weight is 625 g/mol. The van der Waals surface area contributed by atoms with Crippen molar-refractivity contribution in [3.8, 4) is 11.5 Å². The van der Waals surface area contributed by atoms with Gasteiger partial charge in [0.05, 0.1) is 41.0 Å². The summed E-state index contributed by atoms with van der Waals surface area (Å²) in [6.07, 6.45) is -8.45. The minimum atomic E-state index is -5.04. The van der Waals surface area contributed by atoms with Crippen LogP contribution in [-0.4, -0.2) is 30.8 Å². The molecule has 1 heterocycles. The molecule has 0 saturated carbocycles. The number of amides is 1. The van der Waals surface area contributed by atoms with Crippen LogP contribution in [0.15, 0.2) is 70.6 Å². The largest absolute Gasteiger partial charge is 0.493 e. The summed E-state index contributed by atoms with van der Waals surface area (Å²) in [5.41, 5.74) is -2.18. The van der Waals surface area contributed by atoms with Crippen LogP contribution in [0.25, 0.3) is 6.08 Å². The third-order valence-corrected chi connectivity index (χ3v) is 6.76. The summed E-state index contributed by atoms with van der Waals surface area (Å²) in [6, 6.07) is 12.1. The number of nitrogens with one attached hydrogen (secondary N) is 1. The van der Waals surface area contributed by atoms with Gasteiger partial charge < -0.3 is 19.5 Å². The summed E-state index contributed by atoms with van der Waals surface area (Å²) in [5, 5.41) is 2.89. The van der Waals surface area contributed by atoms with Crippen LogP contribution in [0, 0.1) is 0 Å². The lowest BCUT2D eigenvalue weighted by atomic mass is 10.0. The Bertz CT molecular complexity index is 1600. The Labute approximate surface area is 245 Å². The van der Waals surface area contributed by atoms with Crippen molar-refractivity contribution >= 4 is 40.6 Å². The molecule has 0 spiro atoms. The monoisotopic (exact) mass is 624 g/mol. The van der Waals surface area contributed by atoms with E-state index in [0.717, 1.165) is 17.8 Å². The zero-order chi connectivity index (χ0) is 31.4. The highest BCUT2D eigenvalue weighted by atomic mass is 32.2. The number of thioether (sulfide) groups is 1. The van der Waals surface area contributed by atoms with E-state index in [-0.39, 0.29) is 34.2 Å². The normalized spacial score (nSPS) is 15.5. The lowest BCUT2D eigenvalue weighted by molar-refractivity contribution is -0.143. The Morgan fingerprint density at radius 3 is 2.42 bits per heavy atom. The van der Waals surface area contributed by atoms with Crippen LogP contribution >= 0.6 is 11.8 Å². The SMILES string of the molecule is CCOC(=O)c1cccc(N=C2NC(=O)/C(=C/c3ccc(OCc4ccc(C(F)(F)F)cc4C(F)(F)F)c(OC)c3)S2)c1. The van der Waals surface area contributed by atoms with E-state index in [0.29, 0.717) is 22.9 Å². The highest BCUT2D eigenvalue weighted by Gasteiger charge is 2.38. The van der Waals surface area contributed by atoms with Crippen molar-refractivity contribution in [2.75, 3.05) is 13.7 Å². The van der Waals surface area contributed by atoms with Crippen LogP contribution in [0.3, 0.4) is 0 Å². The number of benzene rings is 3. The van der Waals surface area contributed by atoms with Crippen LogP contribution in [0.5, 0.6) is 11.5 Å². The topological polar surface area (TPSA) is 86.2 Å². The van der Waals surface area contributed by atoms with Gasteiger partial charge in [0.1, 0.15) is 6.61 Å². The molecule has 0 atom stereocenters. The van der Waals surface area contributed by atoms with Crippen LogP contribution in [-0.2, 0) is 28.5 Å². The van der Waals surface area contributed by atoms with Crippen LogP contribution in [0.1, 0.15) is 39.5 Å². The van der Waals surface area contributed by atoms with Crippen molar-refractivity contribution in [1.29, 1.82) is 0 Å². The predicted octanol–water partition coefficient (Wildman–Crippen LogP) is 7.38. The molecule has 14 heteroatoms. The number of carbonyl (C=O) groups excluding carboxylic acids is 2. The molecule has 0 aromatic heterocycles. The molecule has 1 amide bonds. The molecule has 3 aromatic rings. The summed E-state index contributed by atoms with van der Waals surface area (Å²) >= 11 is 1.04. The number of halogens is 6. The van der Waals surface area contributed by atoms with Crippen LogP contribution < -0.4 is 14.8 Å². The average Bonchev–Trinajstić information content (AvgIpc) is 3.29. The van der Waals surface area contributed by atoms with Gasteiger partial charge in [-0.1, -0.05) is 18.2 Å². The standard InChI is InChI=1S/C29H22F6N2O5S/c1-3-41-26(39)17-5-4-6-20(13-17)36-27-37-25(38)24(43-27)12-16-7-10-22(23(11-16)40-2)42-15-18-8-9-19(28(30,31)32)14-21(18)29(33,34)35/h4-14H,3,15H2,1-2H3,(H,36,37,38)/b24-12-. The molecule has 1 fully saturated rings. The zero-order valence-corrected chi connectivity index (χ0v) is 23.2. The van der Waals surface area contributed by atoms with Crippen molar-refractivity contribution in [2.24, 2.45) is 4.99 Å². The summed E-state index contributed by atoms with van der Waals surface area (Å²) in [5.74, 6) is -0.797. The van der Waals surface area contributed by atoms with E-state index in [1.165, 1.54) is 37.5 Å². The zero-order valence-electron chi connectivity index (χ0n) is 22.4. The number of esters is 1. The molecule has 43 heavy (non-hydrogen) atoms. The first-order chi connectivity index (χ1) is 20.3. The molecule has 0 radical (unpaired) electrons. The molecular formula is C29H22F6N2O5S. The lowest BCUT2D eigenvalue weighted by Crippen LogP contribution is -2.19. The van der Waals surface area contributed by atoms with Gasteiger partial charge >= 0.3 is 18.3 Å². The van der Waals surface area contributed by atoms with E-state index < -0.39 is 47.5 Å². The van der Waals surface area contributed by atoms with Gasteiger partial charge in [0, 0.05) is 5.56 Å². The minimum absolute atomic E-state index is 0.0323. The number of alkyl halides is 6. The molecule has 1 aliphatic heterocycles. The van der Waals surface area contributed by atoms with Crippen LogP contribution in [0.2, 0.25) is 0 Å². The quantitative estimate of drug-likeness (QED) is 0.160. The number of amidine groups is 1. The second kappa shape index (κ2) is 12.8. The second-order valence-corrected chi connectivity index (χ2v) is 9.85. The van der Waals surface area contributed by atoms with Gasteiger partial charge in [0.25, 0.3) is 5.91 Å².